The summed E-state index contributed by atoms with van der Waals surface area (Å²) in [4.78, 5) is 11.3. The van der Waals surface area contributed by atoms with Gasteiger partial charge in [-0.1, -0.05) is 6.92 Å². The number of nitrogens with one attached hydrogen (secondary N) is 1. The van der Waals surface area contributed by atoms with Crippen molar-refractivity contribution in [3.05, 3.63) is 29.8 Å². The third-order valence-corrected chi connectivity index (χ3v) is 2.69. The van der Waals surface area contributed by atoms with Crippen molar-refractivity contribution in [1.82, 2.24) is 5.43 Å². The Morgan fingerprint density at radius 3 is 2.78 bits per heavy atom. The number of ether oxygens (including phenoxy) is 1. The van der Waals surface area contributed by atoms with E-state index in [0.29, 0.717) is 0 Å². The lowest BCUT2D eigenvalue weighted by molar-refractivity contribution is -0.122. The number of rotatable bonds is 6. The molecule has 0 aromatic heterocycles. The fourth-order valence-electron chi connectivity index (χ4n) is 1.48. The number of carbonyl (C=O) groups is 1. The summed E-state index contributed by atoms with van der Waals surface area (Å²) in [7, 11) is 0. The Morgan fingerprint density at radius 1 is 1.44 bits per heavy atom. The van der Waals surface area contributed by atoms with E-state index in [1.807, 2.05) is 24.3 Å². The van der Waals surface area contributed by atoms with E-state index in [4.69, 9.17) is 4.74 Å². The summed E-state index contributed by atoms with van der Waals surface area (Å²) in [5, 5.41) is 3.93. The summed E-state index contributed by atoms with van der Waals surface area (Å²) in [5.41, 5.74) is 3.48. The first-order valence-electron chi connectivity index (χ1n) is 6.35. The molecule has 0 radical (unpaired) electrons. The lowest BCUT2D eigenvalue weighted by Crippen LogP contribution is -2.18. The zero-order chi connectivity index (χ0) is 12.8. The molecule has 1 saturated carbocycles. The van der Waals surface area contributed by atoms with Gasteiger partial charge in [-0.2, -0.15) is 5.10 Å². The van der Waals surface area contributed by atoms with Gasteiger partial charge in [0.1, 0.15) is 5.75 Å². The first-order valence-corrected chi connectivity index (χ1v) is 6.35. The first-order chi connectivity index (χ1) is 8.79. The van der Waals surface area contributed by atoms with Gasteiger partial charge < -0.3 is 4.74 Å². The Bertz CT molecular complexity index is 422. The van der Waals surface area contributed by atoms with Gasteiger partial charge >= 0.3 is 0 Å². The van der Waals surface area contributed by atoms with E-state index in [9.17, 15) is 4.79 Å². The minimum atomic E-state index is 0.0224. The zero-order valence-corrected chi connectivity index (χ0v) is 10.6. The third kappa shape index (κ3) is 3.87. The molecule has 1 aliphatic carbocycles. The van der Waals surface area contributed by atoms with Crippen LogP contribution in [0.5, 0.6) is 5.75 Å². The second-order valence-electron chi connectivity index (χ2n) is 4.43. The standard InChI is InChI=1S/C14H18N2O2/c1-2-9-18-13-7-3-11(4-8-13)10-15-16-14(17)12-5-6-12/h3-4,7-8,10,12H,2,5-6,9H2,1H3,(H,16,17)/b15-10-. The Hall–Kier alpha value is -1.84. The van der Waals surface area contributed by atoms with Gasteiger partial charge in [0.25, 0.3) is 0 Å². The number of hydrogen-bond donors (Lipinski definition) is 1. The smallest absolute Gasteiger partial charge is 0.243 e. The number of nitrogens with zero attached hydrogens (tertiary/aromatic N) is 1. The highest BCUT2D eigenvalue weighted by atomic mass is 16.5. The van der Waals surface area contributed by atoms with Crippen molar-refractivity contribution in [2.75, 3.05) is 6.61 Å². The molecule has 1 amide bonds. The minimum Gasteiger partial charge on any atom is -0.494 e. The molecule has 96 valence electrons. The van der Waals surface area contributed by atoms with Gasteiger partial charge in [0.05, 0.1) is 12.8 Å². The van der Waals surface area contributed by atoms with Gasteiger partial charge in [0.2, 0.25) is 5.91 Å². The average molecular weight is 246 g/mol. The van der Waals surface area contributed by atoms with E-state index in [1.165, 1.54) is 0 Å². The van der Waals surface area contributed by atoms with Crippen LogP contribution in [-0.4, -0.2) is 18.7 Å². The molecule has 0 saturated heterocycles. The quantitative estimate of drug-likeness (QED) is 0.618. The maximum atomic E-state index is 11.3. The minimum absolute atomic E-state index is 0.0224. The van der Waals surface area contributed by atoms with Crippen molar-refractivity contribution >= 4 is 12.1 Å². The molecule has 0 unspecified atom stereocenters. The lowest BCUT2D eigenvalue weighted by Gasteiger charge is -2.03. The normalized spacial score (nSPS) is 14.7. The van der Waals surface area contributed by atoms with Crippen LogP contribution in [0.25, 0.3) is 0 Å². The lowest BCUT2D eigenvalue weighted by atomic mass is 10.2. The SMILES string of the molecule is CCCOc1ccc(/C=N\NC(=O)C2CC2)cc1. The highest BCUT2D eigenvalue weighted by Gasteiger charge is 2.29. The summed E-state index contributed by atoms with van der Waals surface area (Å²) in [6.07, 6.45) is 4.62. The predicted molar refractivity (Wildman–Crippen MR) is 70.7 cm³/mol. The van der Waals surface area contributed by atoms with E-state index < -0.39 is 0 Å². The van der Waals surface area contributed by atoms with E-state index >= 15 is 0 Å². The van der Waals surface area contributed by atoms with Crippen LogP contribution in [0.15, 0.2) is 29.4 Å². The predicted octanol–water partition coefficient (Wildman–Crippen LogP) is 2.34. The molecule has 4 nitrogen and oxygen atoms in total. The van der Waals surface area contributed by atoms with Gasteiger partial charge in [-0.15, -0.1) is 0 Å². The molecule has 0 heterocycles. The average Bonchev–Trinajstić information content (AvgIpc) is 3.22. The van der Waals surface area contributed by atoms with Gasteiger partial charge in [0.15, 0.2) is 0 Å². The molecule has 1 aliphatic rings. The van der Waals surface area contributed by atoms with Crippen LogP contribution in [0.1, 0.15) is 31.7 Å². The van der Waals surface area contributed by atoms with Crippen LogP contribution < -0.4 is 10.2 Å². The van der Waals surface area contributed by atoms with Crippen LogP contribution in [-0.2, 0) is 4.79 Å². The van der Waals surface area contributed by atoms with Gasteiger partial charge in [-0.25, -0.2) is 5.43 Å². The number of hydrogen-bond acceptors (Lipinski definition) is 3. The van der Waals surface area contributed by atoms with Gasteiger partial charge in [-0.05, 0) is 49.1 Å². The highest BCUT2D eigenvalue weighted by molar-refractivity contribution is 5.84. The number of carbonyl (C=O) groups excluding carboxylic acids is 1. The first kappa shape index (κ1) is 12.6. The van der Waals surface area contributed by atoms with Crippen molar-refractivity contribution in [2.24, 2.45) is 11.0 Å². The zero-order valence-electron chi connectivity index (χ0n) is 10.6. The molecule has 1 N–H and O–H groups in total. The van der Waals surface area contributed by atoms with Crippen molar-refractivity contribution in [3.63, 3.8) is 0 Å². The molecule has 1 aromatic carbocycles. The van der Waals surface area contributed by atoms with Crippen LogP contribution in [0, 0.1) is 5.92 Å². The number of hydrazone groups is 1. The molecule has 4 heteroatoms. The molecule has 0 bridgehead atoms. The maximum Gasteiger partial charge on any atom is 0.243 e. The van der Waals surface area contributed by atoms with Gasteiger partial charge in [-0.3, -0.25) is 4.79 Å². The summed E-state index contributed by atoms with van der Waals surface area (Å²) < 4.78 is 5.48. The molecule has 1 fully saturated rings. The van der Waals surface area contributed by atoms with Crippen molar-refractivity contribution in [3.8, 4) is 5.75 Å². The Labute approximate surface area is 107 Å². The topological polar surface area (TPSA) is 50.7 Å². The second-order valence-corrected chi connectivity index (χ2v) is 4.43. The van der Waals surface area contributed by atoms with Crippen molar-refractivity contribution < 1.29 is 9.53 Å². The van der Waals surface area contributed by atoms with Crippen LogP contribution in [0.2, 0.25) is 0 Å². The molecule has 0 aliphatic heterocycles. The van der Waals surface area contributed by atoms with E-state index in [-0.39, 0.29) is 11.8 Å². The molecular weight excluding hydrogens is 228 g/mol. The summed E-state index contributed by atoms with van der Waals surface area (Å²) in [6.45, 7) is 2.80. The summed E-state index contributed by atoms with van der Waals surface area (Å²) in [5.74, 6) is 1.07. The third-order valence-electron chi connectivity index (χ3n) is 2.69. The van der Waals surface area contributed by atoms with E-state index in [2.05, 4.69) is 17.5 Å². The summed E-state index contributed by atoms with van der Waals surface area (Å²) in [6, 6.07) is 7.63. The van der Waals surface area contributed by atoms with Crippen molar-refractivity contribution in [1.29, 1.82) is 0 Å². The molecule has 0 atom stereocenters. The van der Waals surface area contributed by atoms with Crippen LogP contribution >= 0.6 is 0 Å². The number of amides is 1. The molecule has 1 aromatic rings. The Balaban J connectivity index is 1.81. The van der Waals surface area contributed by atoms with E-state index in [0.717, 1.165) is 37.2 Å². The molecule has 2 rings (SSSR count). The fourth-order valence-corrected chi connectivity index (χ4v) is 1.48. The Morgan fingerprint density at radius 2 is 2.17 bits per heavy atom. The summed E-state index contributed by atoms with van der Waals surface area (Å²) >= 11 is 0. The fraction of sp³-hybridized carbons (Fsp3) is 0.429. The monoisotopic (exact) mass is 246 g/mol. The largest absolute Gasteiger partial charge is 0.494 e. The Kier molecular flexibility index (Phi) is 4.34. The van der Waals surface area contributed by atoms with Crippen LogP contribution in [0.3, 0.4) is 0 Å². The maximum absolute atomic E-state index is 11.3. The number of benzene rings is 1. The molecule has 18 heavy (non-hydrogen) atoms. The van der Waals surface area contributed by atoms with Gasteiger partial charge in [0, 0.05) is 5.92 Å². The highest BCUT2D eigenvalue weighted by Crippen LogP contribution is 2.28. The van der Waals surface area contributed by atoms with E-state index in [1.54, 1.807) is 6.21 Å². The van der Waals surface area contributed by atoms with Crippen LogP contribution in [0.4, 0.5) is 0 Å². The molecular formula is C14H18N2O2. The van der Waals surface area contributed by atoms with Crippen molar-refractivity contribution in [2.45, 2.75) is 26.2 Å². The molecule has 0 spiro atoms. The second kappa shape index (κ2) is 6.19.